The summed E-state index contributed by atoms with van der Waals surface area (Å²) in [5.74, 6) is 0.789. The lowest BCUT2D eigenvalue weighted by Crippen LogP contribution is -2.39. The standard InChI is InChI=1S/C13H28/c1-8-10-13(9-2,11(3)4)12(5,6)7/h11H,8-10H2,1-7H3. The van der Waals surface area contributed by atoms with Crippen molar-refractivity contribution < 1.29 is 0 Å². The molecule has 13 heavy (non-hydrogen) atoms. The van der Waals surface area contributed by atoms with Crippen molar-refractivity contribution in [2.24, 2.45) is 16.7 Å². The minimum Gasteiger partial charge on any atom is -0.0654 e. The Morgan fingerprint density at radius 3 is 1.54 bits per heavy atom. The first kappa shape index (κ1) is 13.0. The Kier molecular flexibility index (Phi) is 4.48. The maximum Gasteiger partial charge on any atom is -0.0229 e. The summed E-state index contributed by atoms with van der Waals surface area (Å²) in [6.45, 7) is 16.6. The summed E-state index contributed by atoms with van der Waals surface area (Å²) in [6, 6.07) is 0. The Morgan fingerprint density at radius 1 is 1.00 bits per heavy atom. The molecule has 0 saturated carbocycles. The smallest absolute Gasteiger partial charge is 0.0229 e. The van der Waals surface area contributed by atoms with Crippen molar-refractivity contribution in [1.82, 2.24) is 0 Å². The van der Waals surface area contributed by atoms with Crippen molar-refractivity contribution in [3.63, 3.8) is 0 Å². The van der Waals surface area contributed by atoms with E-state index in [1.54, 1.807) is 0 Å². The monoisotopic (exact) mass is 184 g/mol. The zero-order valence-electron chi connectivity index (χ0n) is 10.7. The van der Waals surface area contributed by atoms with Crippen LogP contribution in [0.2, 0.25) is 0 Å². The first-order valence-corrected chi connectivity index (χ1v) is 5.81. The van der Waals surface area contributed by atoms with Gasteiger partial charge in [-0.15, -0.1) is 0 Å². The Bertz CT molecular complexity index is 139. The molecule has 0 bridgehead atoms. The Balaban J connectivity index is 4.87. The summed E-state index contributed by atoms with van der Waals surface area (Å²) in [6.07, 6.45) is 3.98. The third kappa shape index (κ3) is 2.48. The lowest BCUT2D eigenvalue weighted by atomic mass is 9.57. The highest BCUT2D eigenvalue weighted by Crippen LogP contribution is 2.50. The average Bonchev–Trinajstić information content (AvgIpc) is 1.96. The first-order chi connectivity index (χ1) is 5.81. The van der Waals surface area contributed by atoms with Crippen LogP contribution >= 0.6 is 0 Å². The predicted molar refractivity (Wildman–Crippen MR) is 61.9 cm³/mol. The van der Waals surface area contributed by atoms with Gasteiger partial charge >= 0.3 is 0 Å². The summed E-state index contributed by atoms with van der Waals surface area (Å²) in [5, 5.41) is 0. The fourth-order valence-electron chi connectivity index (χ4n) is 3.09. The molecule has 0 aliphatic carbocycles. The van der Waals surface area contributed by atoms with Gasteiger partial charge in [0.05, 0.1) is 0 Å². The zero-order valence-corrected chi connectivity index (χ0v) is 10.7. The molecule has 0 spiro atoms. The van der Waals surface area contributed by atoms with Gasteiger partial charge in [0.15, 0.2) is 0 Å². The van der Waals surface area contributed by atoms with E-state index < -0.39 is 0 Å². The van der Waals surface area contributed by atoms with Crippen LogP contribution in [0, 0.1) is 16.7 Å². The van der Waals surface area contributed by atoms with E-state index in [-0.39, 0.29) is 0 Å². The molecule has 0 aromatic carbocycles. The maximum absolute atomic E-state index is 2.40. The van der Waals surface area contributed by atoms with Crippen LogP contribution in [-0.4, -0.2) is 0 Å². The molecule has 0 radical (unpaired) electrons. The largest absolute Gasteiger partial charge is 0.0654 e. The Labute approximate surface area is 85.1 Å². The average molecular weight is 184 g/mol. The van der Waals surface area contributed by atoms with Crippen LogP contribution in [0.3, 0.4) is 0 Å². The number of hydrogen-bond acceptors (Lipinski definition) is 0. The molecule has 0 rings (SSSR count). The minimum absolute atomic E-state index is 0.436. The molecular formula is C13H28. The molecule has 1 atom stereocenters. The van der Waals surface area contributed by atoms with Crippen LogP contribution in [0.1, 0.15) is 67.7 Å². The van der Waals surface area contributed by atoms with Crippen LogP contribution in [0.4, 0.5) is 0 Å². The third-order valence-electron chi connectivity index (χ3n) is 3.93. The van der Waals surface area contributed by atoms with Crippen molar-refractivity contribution >= 4 is 0 Å². The minimum atomic E-state index is 0.436. The van der Waals surface area contributed by atoms with Crippen molar-refractivity contribution in [1.29, 1.82) is 0 Å². The molecule has 0 N–H and O–H groups in total. The van der Waals surface area contributed by atoms with Crippen molar-refractivity contribution in [2.45, 2.75) is 67.7 Å². The Morgan fingerprint density at radius 2 is 1.46 bits per heavy atom. The first-order valence-electron chi connectivity index (χ1n) is 5.81. The molecule has 0 fully saturated rings. The number of hydrogen-bond donors (Lipinski definition) is 0. The van der Waals surface area contributed by atoms with Gasteiger partial charge in [-0.1, -0.05) is 54.9 Å². The predicted octanol–water partition coefficient (Wildman–Crippen LogP) is 4.89. The Hall–Kier alpha value is 0. The van der Waals surface area contributed by atoms with E-state index in [0.717, 1.165) is 5.92 Å². The van der Waals surface area contributed by atoms with E-state index in [0.29, 0.717) is 10.8 Å². The molecule has 0 aliphatic heterocycles. The fourth-order valence-corrected chi connectivity index (χ4v) is 3.09. The fraction of sp³-hybridized carbons (Fsp3) is 1.00. The van der Waals surface area contributed by atoms with E-state index in [9.17, 15) is 0 Å². The summed E-state index contributed by atoms with van der Waals surface area (Å²) in [4.78, 5) is 0. The highest BCUT2D eigenvalue weighted by Gasteiger charge is 2.41. The quantitative estimate of drug-likeness (QED) is 0.584. The van der Waals surface area contributed by atoms with E-state index in [2.05, 4.69) is 48.5 Å². The third-order valence-corrected chi connectivity index (χ3v) is 3.93. The molecule has 0 saturated heterocycles. The van der Waals surface area contributed by atoms with E-state index >= 15 is 0 Å². The van der Waals surface area contributed by atoms with Gasteiger partial charge in [0.2, 0.25) is 0 Å². The zero-order chi connectivity index (χ0) is 10.7. The molecule has 1 unspecified atom stereocenters. The van der Waals surface area contributed by atoms with Gasteiger partial charge in [0.1, 0.15) is 0 Å². The molecular weight excluding hydrogens is 156 g/mol. The van der Waals surface area contributed by atoms with Gasteiger partial charge in [-0.25, -0.2) is 0 Å². The van der Waals surface area contributed by atoms with Crippen LogP contribution in [-0.2, 0) is 0 Å². The second-order valence-corrected chi connectivity index (χ2v) is 5.66. The van der Waals surface area contributed by atoms with Gasteiger partial charge < -0.3 is 0 Å². The highest BCUT2D eigenvalue weighted by atomic mass is 14.5. The van der Waals surface area contributed by atoms with Gasteiger partial charge in [-0.3, -0.25) is 0 Å². The maximum atomic E-state index is 2.40. The lowest BCUT2D eigenvalue weighted by Gasteiger charge is -2.48. The summed E-state index contributed by atoms with van der Waals surface area (Å²) >= 11 is 0. The van der Waals surface area contributed by atoms with Crippen molar-refractivity contribution in [3.8, 4) is 0 Å². The molecule has 0 heterocycles. The van der Waals surface area contributed by atoms with Crippen molar-refractivity contribution in [2.75, 3.05) is 0 Å². The van der Waals surface area contributed by atoms with Gasteiger partial charge in [-0.2, -0.15) is 0 Å². The highest BCUT2D eigenvalue weighted by molar-refractivity contribution is 4.91. The lowest BCUT2D eigenvalue weighted by molar-refractivity contribution is 0.0153. The summed E-state index contributed by atoms with van der Waals surface area (Å²) in [7, 11) is 0. The normalized spacial score (nSPS) is 17.5. The SMILES string of the molecule is CCCC(CC)(C(C)C)C(C)(C)C. The van der Waals surface area contributed by atoms with Crippen LogP contribution in [0.25, 0.3) is 0 Å². The molecule has 0 aromatic heterocycles. The molecule has 80 valence electrons. The molecule has 0 amide bonds. The topological polar surface area (TPSA) is 0 Å². The molecule has 0 nitrogen and oxygen atoms in total. The van der Waals surface area contributed by atoms with E-state index in [4.69, 9.17) is 0 Å². The number of rotatable bonds is 4. The summed E-state index contributed by atoms with van der Waals surface area (Å²) < 4.78 is 0. The second kappa shape index (κ2) is 4.48. The van der Waals surface area contributed by atoms with E-state index in [1.807, 2.05) is 0 Å². The molecule has 0 heteroatoms. The van der Waals surface area contributed by atoms with Gasteiger partial charge in [-0.05, 0) is 29.6 Å². The second-order valence-electron chi connectivity index (χ2n) is 5.66. The molecule has 0 aromatic rings. The van der Waals surface area contributed by atoms with Crippen LogP contribution in [0.15, 0.2) is 0 Å². The molecule has 0 aliphatic rings. The summed E-state index contributed by atoms with van der Waals surface area (Å²) in [5.41, 5.74) is 0.966. The van der Waals surface area contributed by atoms with Crippen molar-refractivity contribution in [3.05, 3.63) is 0 Å². The van der Waals surface area contributed by atoms with Gasteiger partial charge in [0, 0.05) is 0 Å². The van der Waals surface area contributed by atoms with E-state index in [1.165, 1.54) is 19.3 Å². The van der Waals surface area contributed by atoms with Gasteiger partial charge in [0.25, 0.3) is 0 Å². The van der Waals surface area contributed by atoms with Crippen LogP contribution in [0.5, 0.6) is 0 Å². The van der Waals surface area contributed by atoms with Crippen LogP contribution < -0.4 is 0 Å².